The highest BCUT2D eigenvalue weighted by Gasteiger charge is 2.29. The number of rotatable bonds is 5. The van der Waals surface area contributed by atoms with Crippen molar-refractivity contribution in [3.8, 4) is 11.6 Å². The van der Waals surface area contributed by atoms with Crippen molar-refractivity contribution in [3.63, 3.8) is 0 Å². The van der Waals surface area contributed by atoms with Gasteiger partial charge in [0.25, 0.3) is 0 Å². The van der Waals surface area contributed by atoms with E-state index in [0.717, 1.165) is 29.7 Å². The Labute approximate surface area is 153 Å². The predicted molar refractivity (Wildman–Crippen MR) is 98.3 cm³/mol. The lowest BCUT2D eigenvalue weighted by molar-refractivity contribution is -0.122. The number of carbonyl (C=O) groups excluding carboxylic acids is 1. The van der Waals surface area contributed by atoms with Crippen LogP contribution in [0.2, 0.25) is 0 Å². The topological polar surface area (TPSA) is 60.5 Å². The number of para-hydroxylation sites is 1. The van der Waals surface area contributed by atoms with Crippen LogP contribution in [0.25, 0.3) is 0 Å². The Bertz CT molecular complexity index is 771. The number of fused-ring (bicyclic) bond motifs is 1. The van der Waals surface area contributed by atoms with Gasteiger partial charge in [-0.05, 0) is 43.4 Å². The summed E-state index contributed by atoms with van der Waals surface area (Å²) in [7, 11) is 0. The van der Waals surface area contributed by atoms with Crippen LogP contribution in [-0.4, -0.2) is 23.6 Å². The molecule has 5 heteroatoms. The molecular formula is C21H24N2O3. The molecule has 4 rings (SSSR count). The monoisotopic (exact) mass is 352 g/mol. The van der Waals surface area contributed by atoms with Gasteiger partial charge >= 0.3 is 0 Å². The minimum Gasteiger partial charge on any atom is -0.492 e. The molecule has 1 aliphatic carbocycles. The highest BCUT2D eigenvalue weighted by atomic mass is 16.5. The molecule has 0 saturated heterocycles. The van der Waals surface area contributed by atoms with Gasteiger partial charge in [-0.3, -0.25) is 4.79 Å². The van der Waals surface area contributed by atoms with Crippen LogP contribution in [0.5, 0.6) is 11.6 Å². The number of aromatic nitrogens is 1. The standard InChI is InChI=1S/C21H24N2O3/c24-21(18-14-25-19-9-5-4-8-17(18)19)23-13-15-10-11-22-20(12-15)26-16-6-2-1-3-7-16/h4-5,8-12,16,18H,1-3,6-7,13-14H2,(H,23,24). The second kappa shape index (κ2) is 7.77. The third-order valence-electron chi connectivity index (χ3n) is 5.12. The maximum Gasteiger partial charge on any atom is 0.231 e. The Morgan fingerprint density at radius 1 is 1.19 bits per heavy atom. The normalized spacial score (nSPS) is 19.5. The Morgan fingerprint density at radius 3 is 2.92 bits per heavy atom. The van der Waals surface area contributed by atoms with Crippen LogP contribution in [0.4, 0.5) is 0 Å². The number of benzene rings is 1. The smallest absolute Gasteiger partial charge is 0.231 e. The van der Waals surface area contributed by atoms with Crippen molar-refractivity contribution in [2.75, 3.05) is 6.61 Å². The van der Waals surface area contributed by atoms with E-state index in [4.69, 9.17) is 9.47 Å². The van der Waals surface area contributed by atoms with E-state index < -0.39 is 0 Å². The number of pyridine rings is 1. The summed E-state index contributed by atoms with van der Waals surface area (Å²) in [4.78, 5) is 16.9. The summed E-state index contributed by atoms with van der Waals surface area (Å²) in [5.41, 5.74) is 1.95. The van der Waals surface area contributed by atoms with Gasteiger partial charge in [0.15, 0.2) is 0 Å². The zero-order valence-electron chi connectivity index (χ0n) is 14.8. The Balaban J connectivity index is 1.34. The molecule has 0 spiro atoms. The molecule has 1 saturated carbocycles. The Kier molecular flexibility index (Phi) is 5.04. The van der Waals surface area contributed by atoms with Crippen molar-refractivity contribution in [2.45, 2.75) is 50.7 Å². The molecule has 1 aromatic heterocycles. The van der Waals surface area contributed by atoms with Crippen molar-refractivity contribution in [3.05, 3.63) is 53.7 Å². The largest absolute Gasteiger partial charge is 0.492 e. The molecule has 1 aliphatic heterocycles. The van der Waals surface area contributed by atoms with E-state index in [9.17, 15) is 4.79 Å². The molecular weight excluding hydrogens is 328 g/mol. The summed E-state index contributed by atoms with van der Waals surface area (Å²) < 4.78 is 11.6. The fourth-order valence-electron chi connectivity index (χ4n) is 3.67. The minimum atomic E-state index is -0.244. The zero-order chi connectivity index (χ0) is 17.8. The summed E-state index contributed by atoms with van der Waals surface area (Å²) in [6, 6.07) is 11.5. The maximum atomic E-state index is 12.5. The van der Waals surface area contributed by atoms with Crippen LogP contribution in [0, 0.1) is 0 Å². The molecule has 2 heterocycles. The third kappa shape index (κ3) is 3.82. The molecule has 0 bridgehead atoms. The predicted octanol–water partition coefficient (Wildman–Crippen LogP) is 3.59. The fourth-order valence-corrected chi connectivity index (χ4v) is 3.67. The number of hydrogen-bond donors (Lipinski definition) is 1. The summed E-state index contributed by atoms with van der Waals surface area (Å²) in [6.07, 6.45) is 7.97. The molecule has 1 fully saturated rings. The molecule has 1 N–H and O–H groups in total. The molecule has 1 amide bonds. The van der Waals surface area contributed by atoms with Gasteiger partial charge in [-0.25, -0.2) is 4.98 Å². The average molecular weight is 352 g/mol. The van der Waals surface area contributed by atoms with Crippen LogP contribution in [0.3, 0.4) is 0 Å². The maximum absolute atomic E-state index is 12.5. The zero-order valence-corrected chi connectivity index (χ0v) is 14.8. The van der Waals surface area contributed by atoms with Gasteiger partial charge in [0.05, 0.1) is 0 Å². The average Bonchev–Trinajstić information content (AvgIpc) is 3.11. The second-order valence-electron chi connectivity index (χ2n) is 7.00. The highest BCUT2D eigenvalue weighted by molar-refractivity contribution is 5.85. The fraction of sp³-hybridized carbons (Fsp3) is 0.429. The van der Waals surface area contributed by atoms with Gasteiger partial charge in [-0.1, -0.05) is 24.6 Å². The van der Waals surface area contributed by atoms with Crippen molar-refractivity contribution >= 4 is 5.91 Å². The lowest BCUT2D eigenvalue weighted by atomic mass is 9.98. The van der Waals surface area contributed by atoms with Gasteiger partial charge in [0.1, 0.15) is 24.4 Å². The van der Waals surface area contributed by atoms with E-state index in [1.54, 1.807) is 6.20 Å². The van der Waals surface area contributed by atoms with E-state index in [0.29, 0.717) is 19.0 Å². The number of ether oxygens (including phenoxy) is 2. The summed E-state index contributed by atoms with van der Waals surface area (Å²) in [5.74, 6) is 1.20. The van der Waals surface area contributed by atoms with Crippen molar-refractivity contribution in [2.24, 2.45) is 0 Å². The summed E-state index contributed by atoms with van der Waals surface area (Å²) >= 11 is 0. The molecule has 136 valence electrons. The first kappa shape index (κ1) is 16.9. The summed E-state index contributed by atoms with van der Waals surface area (Å²) in [6.45, 7) is 0.860. The van der Waals surface area contributed by atoms with E-state index in [1.165, 1.54) is 19.3 Å². The number of hydrogen-bond acceptors (Lipinski definition) is 4. The number of nitrogens with zero attached hydrogens (tertiary/aromatic N) is 1. The minimum absolute atomic E-state index is 0.0125. The molecule has 1 atom stereocenters. The first-order chi connectivity index (χ1) is 12.8. The Morgan fingerprint density at radius 2 is 2.04 bits per heavy atom. The van der Waals surface area contributed by atoms with Crippen LogP contribution < -0.4 is 14.8 Å². The molecule has 1 unspecified atom stereocenters. The van der Waals surface area contributed by atoms with E-state index in [2.05, 4.69) is 10.3 Å². The van der Waals surface area contributed by atoms with Gasteiger partial charge in [-0.15, -0.1) is 0 Å². The molecule has 5 nitrogen and oxygen atoms in total. The lowest BCUT2D eigenvalue weighted by Crippen LogP contribution is -2.29. The molecule has 2 aliphatic rings. The highest BCUT2D eigenvalue weighted by Crippen LogP contribution is 2.33. The van der Waals surface area contributed by atoms with Gasteiger partial charge in [0.2, 0.25) is 11.8 Å². The second-order valence-corrected chi connectivity index (χ2v) is 7.00. The summed E-state index contributed by atoms with van der Waals surface area (Å²) in [5, 5.41) is 3.01. The number of nitrogens with one attached hydrogen (secondary N) is 1. The SMILES string of the molecule is O=C(NCc1ccnc(OC2CCCCC2)c1)C1COc2ccccc21. The number of amides is 1. The van der Waals surface area contributed by atoms with Gasteiger partial charge in [0, 0.05) is 24.4 Å². The van der Waals surface area contributed by atoms with Crippen LogP contribution in [0.15, 0.2) is 42.6 Å². The number of carbonyl (C=O) groups is 1. The molecule has 0 radical (unpaired) electrons. The van der Waals surface area contributed by atoms with Gasteiger partial charge < -0.3 is 14.8 Å². The third-order valence-corrected chi connectivity index (χ3v) is 5.12. The van der Waals surface area contributed by atoms with Crippen LogP contribution >= 0.6 is 0 Å². The van der Waals surface area contributed by atoms with E-state index >= 15 is 0 Å². The van der Waals surface area contributed by atoms with Crippen molar-refractivity contribution < 1.29 is 14.3 Å². The van der Waals surface area contributed by atoms with Crippen LogP contribution in [-0.2, 0) is 11.3 Å². The quantitative estimate of drug-likeness (QED) is 0.893. The van der Waals surface area contributed by atoms with E-state index in [-0.39, 0.29) is 17.9 Å². The Hall–Kier alpha value is -2.56. The molecule has 26 heavy (non-hydrogen) atoms. The first-order valence-electron chi connectivity index (χ1n) is 9.40. The molecule has 1 aromatic carbocycles. The van der Waals surface area contributed by atoms with Crippen LogP contribution in [0.1, 0.15) is 49.1 Å². The first-order valence-corrected chi connectivity index (χ1v) is 9.40. The van der Waals surface area contributed by atoms with Crippen molar-refractivity contribution in [1.82, 2.24) is 10.3 Å². The van der Waals surface area contributed by atoms with Crippen molar-refractivity contribution in [1.29, 1.82) is 0 Å². The van der Waals surface area contributed by atoms with E-state index in [1.807, 2.05) is 36.4 Å². The molecule has 2 aromatic rings. The van der Waals surface area contributed by atoms with Gasteiger partial charge in [-0.2, -0.15) is 0 Å². The lowest BCUT2D eigenvalue weighted by Gasteiger charge is -2.22.